The highest BCUT2D eigenvalue weighted by molar-refractivity contribution is 5.72. The molecule has 8 nitrogen and oxygen atoms in total. The number of carbonyl (C=O) groups excluding carboxylic acids is 1. The summed E-state index contributed by atoms with van der Waals surface area (Å²) in [5.41, 5.74) is 1.11. The average Bonchev–Trinajstić information content (AvgIpc) is 2.60. The fraction of sp³-hybridized carbons (Fsp3) is 0.176. The molecule has 0 saturated heterocycles. The molecule has 2 rings (SSSR count). The standard InChI is InChI=1S/C17H16N2O6/c20-16(21)10-15(13-6-8-14(9-7-13)19(23)24)18-17(22)25-11-12-4-2-1-3-5-12/h1-9,15H,10-11H2,(H,18,22)(H,20,21)/t15-/m0/s1. The van der Waals surface area contributed by atoms with Crippen LogP contribution in [0.5, 0.6) is 0 Å². The lowest BCUT2D eigenvalue weighted by atomic mass is 10.0. The maximum Gasteiger partial charge on any atom is 0.407 e. The molecule has 0 saturated carbocycles. The van der Waals surface area contributed by atoms with Crippen molar-refractivity contribution < 1.29 is 24.4 Å². The number of carbonyl (C=O) groups is 2. The monoisotopic (exact) mass is 344 g/mol. The van der Waals surface area contributed by atoms with Crippen LogP contribution >= 0.6 is 0 Å². The fourth-order valence-electron chi connectivity index (χ4n) is 2.16. The van der Waals surface area contributed by atoms with Gasteiger partial charge < -0.3 is 15.2 Å². The predicted molar refractivity (Wildman–Crippen MR) is 87.9 cm³/mol. The van der Waals surface area contributed by atoms with E-state index in [2.05, 4.69) is 5.32 Å². The molecule has 2 aromatic rings. The zero-order valence-corrected chi connectivity index (χ0v) is 13.1. The highest BCUT2D eigenvalue weighted by Crippen LogP contribution is 2.20. The van der Waals surface area contributed by atoms with Crippen molar-refractivity contribution in [3.8, 4) is 0 Å². The molecule has 0 heterocycles. The molecule has 130 valence electrons. The Balaban J connectivity index is 2.02. The Bertz CT molecular complexity index is 745. The fourth-order valence-corrected chi connectivity index (χ4v) is 2.16. The second-order valence-electron chi connectivity index (χ2n) is 5.21. The van der Waals surface area contributed by atoms with Crippen molar-refractivity contribution in [2.75, 3.05) is 0 Å². The van der Waals surface area contributed by atoms with Crippen molar-refractivity contribution in [3.05, 3.63) is 75.8 Å². The second-order valence-corrected chi connectivity index (χ2v) is 5.21. The number of alkyl carbamates (subject to hydrolysis) is 1. The number of non-ortho nitro benzene ring substituents is 1. The maximum atomic E-state index is 11.9. The summed E-state index contributed by atoms with van der Waals surface area (Å²) >= 11 is 0. The molecule has 0 fully saturated rings. The molecule has 2 N–H and O–H groups in total. The average molecular weight is 344 g/mol. The van der Waals surface area contributed by atoms with Gasteiger partial charge in [0.15, 0.2) is 0 Å². The van der Waals surface area contributed by atoms with Crippen molar-refractivity contribution >= 4 is 17.7 Å². The number of nitrogens with one attached hydrogen (secondary N) is 1. The quantitative estimate of drug-likeness (QED) is 0.588. The minimum Gasteiger partial charge on any atom is -0.481 e. The van der Waals surface area contributed by atoms with E-state index in [4.69, 9.17) is 9.84 Å². The van der Waals surface area contributed by atoms with Crippen molar-refractivity contribution in [2.45, 2.75) is 19.1 Å². The molecule has 0 aromatic heterocycles. The van der Waals surface area contributed by atoms with Gasteiger partial charge >= 0.3 is 12.1 Å². The van der Waals surface area contributed by atoms with Gasteiger partial charge in [-0.05, 0) is 11.1 Å². The molecule has 0 aliphatic carbocycles. The van der Waals surface area contributed by atoms with Crippen LogP contribution in [0.2, 0.25) is 0 Å². The van der Waals surface area contributed by atoms with Gasteiger partial charge in [0.05, 0.1) is 17.4 Å². The van der Waals surface area contributed by atoms with Crippen molar-refractivity contribution in [2.24, 2.45) is 0 Å². The smallest absolute Gasteiger partial charge is 0.407 e. The Hall–Kier alpha value is -3.42. The number of hydrogen-bond acceptors (Lipinski definition) is 5. The Kier molecular flexibility index (Phi) is 6.05. The first kappa shape index (κ1) is 17.9. The molecular formula is C17H16N2O6. The van der Waals surface area contributed by atoms with Gasteiger partial charge in [-0.2, -0.15) is 0 Å². The van der Waals surface area contributed by atoms with E-state index >= 15 is 0 Å². The number of aliphatic carboxylic acids is 1. The summed E-state index contributed by atoms with van der Waals surface area (Å²) < 4.78 is 5.07. The van der Waals surface area contributed by atoms with E-state index in [-0.39, 0.29) is 18.7 Å². The van der Waals surface area contributed by atoms with Gasteiger partial charge in [0.25, 0.3) is 5.69 Å². The van der Waals surface area contributed by atoms with Gasteiger partial charge in [0, 0.05) is 12.1 Å². The first-order chi connectivity index (χ1) is 12.0. The summed E-state index contributed by atoms with van der Waals surface area (Å²) in [6.45, 7) is 0.0483. The molecule has 0 aliphatic heterocycles. The van der Waals surface area contributed by atoms with Crippen LogP contribution in [0.4, 0.5) is 10.5 Å². The summed E-state index contributed by atoms with van der Waals surface area (Å²) in [6.07, 6.45) is -1.15. The number of ether oxygens (including phenoxy) is 1. The molecule has 0 spiro atoms. The minimum atomic E-state index is -1.12. The van der Waals surface area contributed by atoms with Crippen LogP contribution in [0, 0.1) is 10.1 Å². The Morgan fingerprint density at radius 3 is 2.32 bits per heavy atom. The zero-order valence-electron chi connectivity index (χ0n) is 13.1. The van der Waals surface area contributed by atoms with Crippen LogP contribution < -0.4 is 5.32 Å². The third-order valence-electron chi connectivity index (χ3n) is 3.39. The van der Waals surface area contributed by atoms with Crippen molar-refractivity contribution in [1.29, 1.82) is 0 Å². The molecule has 0 unspecified atom stereocenters. The largest absolute Gasteiger partial charge is 0.481 e. The number of nitrogens with zero attached hydrogens (tertiary/aromatic N) is 1. The number of rotatable bonds is 7. The normalized spacial score (nSPS) is 11.4. The summed E-state index contributed by atoms with van der Waals surface area (Å²) in [7, 11) is 0. The first-order valence-corrected chi connectivity index (χ1v) is 7.39. The number of carboxylic acids is 1. The summed E-state index contributed by atoms with van der Waals surface area (Å²) in [6, 6.07) is 13.5. The Labute approximate surface area is 143 Å². The molecule has 1 amide bonds. The van der Waals surface area contributed by atoms with E-state index < -0.39 is 23.0 Å². The van der Waals surface area contributed by atoms with Gasteiger partial charge in [-0.3, -0.25) is 14.9 Å². The molecule has 0 radical (unpaired) electrons. The van der Waals surface area contributed by atoms with Gasteiger partial charge in [0.1, 0.15) is 6.61 Å². The third kappa shape index (κ3) is 5.61. The van der Waals surface area contributed by atoms with Gasteiger partial charge in [-0.15, -0.1) is 0 Å². The van der Waals surface area contributed by atoms with Crippen LogP contribution in [-0.4, -0.2) is 22.1 Å². The summed E-state index contributed by atoms with van der Waals surface area (Å²) in [5, 5.41) is 22.2. The summed E-state index contributed by atoms with van der Waals surface area (Å²) in [5.74, 6) is -1.12. The zero-order chi connectivity index (χ0) is 18.2. The Morgan fingerprint density at radius 1 is 1.12 bits per heavy atom. The van der Waals surface area contributed by atoms with Crippen molar-refractivity contribution in [1.82, 2.24) is 5.32 Å². The number of nitro benzene ring substituents is 1. The van der Waals surface area contributed by atoms with Gasteiger partial charge in [0.2, 0.25) is 0 Å². The van der Waals surface area contributed by atoms with E-state index in [0.717, 1.165) is 5.56 Å². The topological polar surface area (TPSA) is 119 Å². The van der Waals surface area contributed by atoms with Crippen LogP contribution in [0.25, 0.3) is 0 Å². The van der Waals surface area contributed by atoms with Crippen LogP contribution in [-0.2, 0) is 16.1 Å². The molecule has 0 aliphatic rings. The van der Waals surface area contributed by atoms with E-state index in [1.54, 1.807) is 24.3 Å². The van der Waals surface area contributed by atoms with Gasteiger partial charge in [-0.25, -0.2) is 4.79 Å². The number of benzene rings is 2. The lowest BCUT2D eigenvalue weighted by Gasteiger charge is -2.17. The molecule has 8 heteroatoms. The lowest BCUT2D eigenvalue weighted by Crippen LogP contribution is -2.30. The van der Waals surface area contributed by atoms with E-state index in [9.17, 15) is 19.7 Å². The molecule has 25 heavy (non-hydrogen) atoms. The number of amides is 1. The minimum absolute atomic E-state index is 0.0483. The number of nitro groups is 1. The highest BCUT2D eigenvalue weighted by Gasteiger charge is 2.20. The SMILES string of the molecule is O=C(O)C[C@H](NC(=O)OCc1ccccc1)c1ccc([N+](=O)[O-])cc1. The molecule has 2 aromatic carbocycles. The maximum absolute atomic E-state index is 11.9. The van der Waals surface area contributed by atoms with Crippen molar-refractivity contribution in [3.63, 3.8) is 0 Å². The van der Waals surface area contributed by atoms with Crippen LogP contribution in [0.3, 0.4) is 0 Å². The van der Waals surface area contributed by atoms with Crippen LogP contribution in [0.15, 0.2) is 54.6 Å². The van der Waals surface area contributed by atoms with Gasteiger partial charge in [-0.1, -0.05) is 42.5 Å². The van der Waals surface area contributed by atoms with E-state index in [1.807, 2.05) is 6.07 Å². The third-order valence-corrected chi connectivity index (χ3v) is 3.39. The predicted octanol–water partition coefficient (Wildman–Crippen LogP) is 3.04. The highest BCUT2D eigenvalue weighted by atomic mass is 16.6. The Morgan fingerprint density at radius 2 is 1.76 bits per heavy atom. The molecule has 0 bridgehead atoms. The number of carboxylic acid groups (broad SMARTS) is 1. The van der Waals surface area contributed by atoms with Crippen LogP contribution in [0.1, 0.15) is 23.6 Å². The first-order valence-electron chi connectivity index (χ1n) is 7.39. The summed E-state index contributed by atoms with van der Waals surface area (Å²) in [4.78, 5) is 33.1. The second kappa shape index (κ2) is 8.44. The number of hydrogen-bond donors (Lipinski definition) is 2. The van der Waals surface area contributed by atoms with E-state index in [1.165, 1.54) is 24.3 Å². The lowest BCUT2D eigenvalue weighted by molar-refractivity contribution is -0.384. The van der Waals surface area contributed by atoms with E-state index in [0.29, 0.717) is 5.56 Å². The molecular weight excluding hydrogens is 328 g/mol. The molecule has 1 atom stereocenters.